The molecule has 4 rings (SSSR count). The van der Waals surface area contributed by atoms with Gasteiger partial charge in [0.15, 0.2) is 12.2 Å². The van der Waals surface area contributed by atoms with Gasteiger partial charge in [0, 0.05) is 22.2 Å². The van der Waals surface area contributed by atoms with Crippen LogP contribution in [0, 0.1) is 0 Å². The zero-order valence-electron chi connectivity index (χ0n) is 13.5. The molecule has 0 radical (unpaired) electrons. The molecule has 0 N–H and O–H groups in total. The Bertz CT molecular complexity index is 1010. The Morgan fingerprint density at radius 2 is 2.08 bits per heavy atom. The quantitative estimate of drug-likeness (QED) is 0.645. The first kappa shape index (κ1) is 16.2. The third-order valence-corrected chi connectivity index (χ3v) is 4.41. The Labute approximate surface area is 152 Å². The van der Waals surface area contributed by atoms with E-state index in [2.05, 4.69) is 15.9 Å². The molecule has 0 saturated heterocycles. The van der Waals surface area contributed by atoms with E-state index < -0.39 is 0 Å². The van der Waals surface area contributed by atoms with Crippen LogP contribution in [-0.2, 0) is 11.3 Å². The minimum absolute atomic E-state index is 0.111. The van der Waals surface area contributed by atoms with E-state index in [0.29, 0.717) is 47.0 Å². The standard InChI is InChI=1S/C19H15BrO5/c1-2-23-13-3-4-14-16(21)8-18(25-17(14)7-13)15-6-12(20)5-11-9-22-10-24-19(11)15/h3-8H,2,9-10H2,1H3. The first-order valence-corrected chi connectivity index (χ1v) is 8.69. The minimum Gasteiger partial charge on any atom is -0.494 e. The Morgan fingerprint density at radius 3 is 2.92 bits per heavy atom. The van der Waals surface area contributed by atoms with E-state index in [1.165, 1.54) is 6.07 Å². The number of hydrogen-bond acceptors (Lipinski definition) is 5. The van der Waals surface area contributed by atoms with E-state index in [4.69, 9.17) is 18.6 Å². The Kier molecular flexibility index (Phi) is 4.23. The molecule has 1 aromatic heterocycles. The molecule has 0 unspecified atom stereocenters. The van der Waals surface area contributed by atoms with Gasteiger partial charge in [0.2, 0.25) is 0 Å². The summed E-state index contributed by atoms with van der Waals surface area (Å²) in [5.74, 6) is 1.79. The summed E-state index contributed by atoms with van der Waals surface area (Å²) in [5, 5.41) is 0.514. The highest BCUT2D eigenvalue weighted by molar-refractivity contribution is 9.10. The van der Waals surface area contributed by atoms with Crippen molar-refractivity contribution < 1.29 is 18.6 Å². The molecule has 25 heavy (non-hydrogen) atoms. The topological polar surface area (TPSA) is 57.9 Å². The van der Waals surface area contributed by atoms with Gasteiger partial charge in [-0.05, 0) is 31.2 Å². The van der Waals surface area contributed by atoms with Crippen LogP contribution in [0.25, 0.3) is 22.3 Å². The van der Waals surface area contributed by atoms with Crippen molar-refractivity contribution in [3.63, 3.8) is 0 Å². The number of fused-ring (bicyclic) bond motifs is 2. The maximum Gasteiger partial charge on any atom is 0.193 e. The summed E-state index contributed by atoms with van der Waals surface area (Å²) in [6.45, 7) is 3.08. The largest absolute Gasteiger partial charge is 0.494 e. The predicted octanol–water partition coefficient (Wildman–Crippen LogP) is 4.49. The van der Waals surface area contributed by atoms with Crippen molar-refractivity contribution in [2.45, 2.75) is 13.5 Å². The summed E-state index contributed by atoms with van der Waals surface area (Å²) in [4.78, 5) is 12.5. The van der Waals surface area contributed by atoms with Gasteiger partial charge in [-0.1, -0.05) is 15.9 Å². The first-order valence-electron chi connectivity index (χ1n) is 7.90. The highest BCUT2D eigenvalue weighted by Gasteiger charge is 2.20. The Balaban J connectivity index is 1.92. The molecule has 128 valence electrons. The number of rotatable bonds is 3. The molecule has 0 saturated carbocycles. The molecule has 0 aliphatic carbocycles. The predicted molar refractivity (Wildman–Crippen MR) is 97.1 cm³/mol. The Hall–Kier alpha value is -2.31. The van der Waals surface area contributed by atoms with Crippen LogP contribution in [0.2, 0.25) is 0 Å². The zero-order valence-corrected chi connectivity index (χ0v) is 15.1. The van der Waals surface area contributed by atoms with Crippen molar-refractivity contribution in [2.24, 2.45) is 0 Å². The molecule has 1 aliphatic rings. The fourth-order valence-electron chi connectivity index (χ4n) is 2.89. The summed E-state index contributed by atoms with van der Waals surface area (Å²) in [6, 6.07) is 10.5. The second-order valence-corrected chi connectivity index (χ2v) is 6.53. The van der Waals surface area contributed by atoms with E-state index in [1.807, 2.05) is 19.1 Å². The van der Waals surface area contributed by atoms with Gasteiger partial charge in [-0.25, -0.2) is 0 Å². The summed E-state index contributed by atoms with van der Waals surface area (Å²) >= 11 is 3.49. The zero-order chi connectivity index (χ0) is 17.4. The number of benzene rings is 2. The third-order valence-electron chi connectivity index (χ3n) is 3.95. The van der Waals surface area contributed by atoms with Crippen LogP contribution >= 0.6 is 15.9 Å². The van der Waals surface area contributed by atoms with Crippen molar-refractivity contribution >= 4 is 26.9 Å². The van der Waals surface area contributed by atoms with Gasteiger partial charge in [-0.2, -0.15) is 0 Å². The van der Waals surface area contributed by atoms with Crippen molar-refractivity contribution in [3.8, 4) is 22.8 Å². The average Bonchev–Trinajstić information content (AvgIpc) is 2.61. The van der Waals surface area contributed by atoms with Gasteiger partial charge in [0.1, 0.15) is 22.8 Å². The highest BCUT2D eigenvalue weighted by Crippen LogP contribution is 2.39. The third kappa shape index (κ3) is 3.03. The number of halogens is 1. The average molecular weight is 403 g/mol. The maximum absolute atomic E-state index is 12.5. The van der Waals surface area contributed by atoms with E-state index in [9.17, 15) is 4.79 Å². The molecule has 2 heterocycles. The first-order chi connectivity index (χ1) is 12.2. The summed E-state index contributed by atoms with van der Waals surface area (Å²) in [7, 11) is 0. The van der Waals surface area contributed by atoms with Gasteiger partial charge >= 0.3 is 0 Å². The molecule has 0 bridgehead atoms. The van der Waals surface area contributed by atoms with E-state index in [1.54, 1.807) is 18.2 Å². The normalized spacial score (nSPS) is 13.4. The smallest absolute Gasteiger partial charge is 0.193 e. The molecule has 0 atom stereocenters. The fraction of sp³-hybridized carbons (Fsp3) is 0.211. The maximum atomic E-state index is 12.5. The van der Waals surface area contributed by atoms with Gasteiger partial charge < -0.3 is 18.6 Å². The van der Waals surface area contributed by atoms with Crippen molar-refractivity contribution in [1.29, 1.82) is 0 Å². The molecule has 0 fully saturated rings. The SMILES string of the molecule is CCOc1ccc2c(=O)cc(-c3cc(Br)cc4c3OCOC4)oc2c1. The molecule has 0 amide bonds. The molecular formula is C19H15BrO5. The fourth-order valence-corrected chi connectivity index (χ4v) is 3.39. The van der Waals surface area contributed by atoms with Crippen molar-refractivity contribution in [2.75, 3.05) is 13.4 Å². The van der Waals surface area contributed by atoms with Gasteiger partial charge in [-0.15, -0.1) is 0 Å². The van der Waals surface area contributed by atoms with E-state index in [0.717, 1.165) is 10.0 Å². The van der Waals surface area contributed by atoms with Crippen LogP contribution in [0.5, 0.6) is 11.5 Å². The Morgan fingerprint density at radius 1 is 1.20 bits per heavy atom. The van der Waals surface area contributed by atoms with Crippen molar-refractivity contribution in [1.82, 2.24) is 0 Å². The lowest BCUT2D eigenvalue weighted by atomic mass is 10.1. The molecule has 5 nitrogen and oxygen atoms in total. The lowest BCUT2D eigenvalue weighted by Gasteiger charge is -2.20. The molecule has 3 aromatic rings. The van der Waals surface area contributed by atoms with Crippen LogP contribution in [0.3, 0.4) is 0 Å². The highest BCUT2D eigenvalue weighted by atomic mass is 79.9. The lowest BCUT2D eigenvalue weighted by molar-refractivity contribution is -0.0160. The monoisotopic (exact) mass is 402 g/mol. The summed E-state index contributed by atoms with van der Waals surface area (Å²) in [5.41, 5.74) is 1.99. The second-order valence-electron chi connectivity index (χ2n) is 5.62. The van der Waals surface area contributed by atoms with Crippen LogP contribution in [0.4, 0.5) is 0 Å². The van der Waals surface area contributed by atoms with Gasteiger partial charge in [0.25, 0.3) is 0 Å². The second kappa shape index (κ2) is 6.54. The van der Waals surface area contributed by atoms with Crippen LogP contribution in [0.15, 0.2) is 50.1 Å². The van der Waals surface area contributed by atoms with Crippen LogP contribution in [-0.4, -0.2) is 13.4 Å². The molecular weight excluding hydrogens is 388 g/mol. The molecule has 0 spiro atoms. The van der Waals surface area contributed by atoms with E-state index >= 15 is 0 Å². The van der Waals surface area contributed by atoms with Gasteiger partial charge in [0.05, 0.1) is 24.2 Å². The van der Waals surface area contributed by atoms with Crippen molar-refractivity contribution in [3.05, 3.63) is 56.7 Å². The lowest BCUT2D eigenvalue weighted by Crippen LogP contribution is -2.12. The number of ether oxygens (including phenoxy) is 3. The van der Waals surface area contributed by atoms with E-state index in [-0.39, 0.29) is 12.2 Å². The minimum atomic E-state index is -0.111. The molecule has 1 aliphatic heterocycles. The molecule has 2 aromatic carbocycles. The van der Waals surface area contributed by atoms with Crippen LogP contribution < -0.4 is 14.9 Å². The van der Waals surface area contributed by atoms with Gasteiger partial charge in [-0.3, -0.25) is 4.79 Å². The number of hydrogen-bond donors (Lipinski definition) is 0. The molecule has 6 heteroatoms. The summed E-state index contributed by atoms with van der Waals surface area (Å²) in [6.07, 6.45) is 0. The summed E-state index contributed by atoms with van der Waals surface area (Å²) < 4.78 is 23.4. The van der Waals surface area contributed by atoms with Crippen LogP contribution in [0.1, 0.15) is 12.5 Å².